The van der Waals surface area contributed by atoms with Crippen LogP contribution in [0.4, 0.5) is 23.4 Å². The predicted molar refractivity (Wildman–Crippen MR) is 119 cm³/mol. The van der Waals surface area contributed by atoms with Gasteiger partial charge in [-0.05, 0) is 23.6 Å². The first-order valence-electron chi connectivity index (χ1n) is 9.96. The summed E-state index contributed by atoms with van der Waals surface area (Å²) in [6.07, 6.45) is 5.47. The zero-order valence-electron chi connectivity index (χ0n) is 17.9. The fraction of sp³-hybridized carbons (Fsp3) is 0.174. The van der Waals surface area contributed by atoms with Gasteiger partial charge in [0.2, 0.25) is 5.88 Å². The number of hydrogen-bond donors (Lipinski definition) is 3. The van der Waals surface area contributed by atoms with Crippen LogP contribution in [0.2, 0.25) is 0 Å². The van der Waals surface area contributed by atoms with Gasteiger partial charge in [0.05, 0.1) is 19.3 Å². The molecular formula is C23H16F4N4O4. The van der Waals surface area contributed by atoms with Gasteiger partial charge in [0.1, 0.15) is 34.0 Å². The zero-order valence-corrected chi connectivity index (χ0v) is 17.9. The predicted octanol–water partition coefficient (Wildman–Crippen LogP) is 3.82. The number of aliphatic hydroxyl groups excluding tert-OH is 1. The van der Waals surface area contributed by atoms with E-state index in [-0.39, 0.29) is 58.0 Å². The van der Waals surface area contributed by atoms with Crippen molar-refractivity contribution in [2.24, 2.45) is 0 Å². The molecule has 0 aliphatic carbocycles. The van der Waals surface area contributed by atoms with Crippen LogP contribution in [0.5, 0.6) is 17.6 Å². The first-order valence-corrected chi connectivity index (χ1v) is 9.96. The summed E-state index contributed by atoms with van der Waals surface area (Å²) in [5, 5.41) is 21.9. The Hall–Kier alpha value is -4.37. The summed E-state index contributed by atoms with van der Waals surface area (Å²) in [4.78, 5) is 11.8. The molecule has 3 N–H and O–H groups in total. The van der Waals surface area contributed by atoms with Crippen molar-refractivity contribution in [3.63, 3.8) is 0 Å². The Morgan fingerprint density at radius 3 is 2.57 bits per heavy atom. The van der Waals surface area contributed by atoms with Gasteiger partial charge in [-0.1, -0.05) is 12.0 Å². The van der Waals surface area contributed by atoms with Crippen LogP contribution in [0, 0.1) is 24.0 Å². The summed E-state index contributed by atoms with van der Waals surface area (Å²) >= 11 is 0. The number of alkyl halides is 2. The van der Waals surface area contributed by atoms with Gasteiger partial charge in [0.15, 0.2) is 5.82 Å². The number of aromatic hydroxyl groups is 1. The molecule has 0 aliphatic rings. The number of phenolic OH excluding ortho intramolecular Hbond substituents is 1. The van der Waals surface area contributed by atoms with Gasteiger partial charge < -0.3 is 25.0 Å². The monoisotopic (exact) mass is 488 g/mol. The van der Waals surface area contributed by atoms with Crippen LogP contribution in [0.3, 0.4) is 0 Å². The molecule has 0 aliphatic heterocycles. The average Bonchev–Trinajstić information content (AvgIpc) is 2.83. The van der Waals surface area contributed by atoms with Crippen molar-refractivity contribution in [1.29, 1.82) is 0 Å². The highest BCUT2D eigenvalue weighted by atomic mass is 19.3. The maximum Gasteiger partial charge on any atom is 0.388 e. The third-order valence-electron chi connectivity index (χ3n) is 4.97. The van der Waals surface area contributed by atoms with Gasteiger partial charge in [-0.15, -0.1) is 6.42 Å². The molecule has 4 rings (SSSR count). The van der Waals surface area contributed by atoms with E-state index in [1.54, 1.807) is 0 Å². The highest BCUT2D eigenvalue weighted by molar-refractivity contribution is 6.04. The average molecular weight is 488 g/mol. The van der Waals surface area contributed by atoms with Crippen molar-refractivity contribution in [2.45, 2.75) is 6.61 Å². The molecule has 12 heteroatoms. The number of aliphatic hydroxyl groups is 1. The van der Waals surface area contributed by atoms with E-state index >= 15 is 4.39 Å². The number of phenols is 1. The van der Waals surface area contributed by atoms with E-state index in [2.05, 4.69) is 30.9 Å². The molecule has 0 atom stereocenters. The maximum absolute atomic E-state index is 15.9. The summed E-state index contributed by atoms with van der Waals surface area (Å²) in [6.45, 7) is -3.80. The molecule has 0 radical (unpaired) electrons. The number of benzene rings is 2. The Morgan fingerprint density at radius 2 is 1.91 bits per heavy atom. The molecule has 180 valence electrons. The lowest BCUT2D eigenvalue weighted by molar-refractivity contribution is -0.0516. The van der Waals surface area contributed by atoms with Gasteiger partial charge in [0, 0.05) is 17.5 Å². The standard InChI is InChI=1S/C23H16F4N4O4/c1-3-12-14(24)5-4-10-8-11(33)9-13(15(10)12)18-17(25)19-16(21(29-18)35-22(26)27)20(28-6-7-32)31-23(30-19)34-2/h1,4-5,8-9,22,32-33H,6-7H2,2H3,(H,28,30,31). The molecule has 0 spiro atoms. The van der Waals surface area contributed by atoms with Crippen LogP contribution in [0.1, 0.15) is 5.56 Å². The minimum Gasteiger partial charge on any atom is -0.508 e. The highest BCUT2D eigenvalue weighted by Crippen LogP contribution is 2.41. The van der Waals surface area contributed by atoms with Gasteiger partial charge >= 0.3 is 12.6 Å². The summed E-state index contributed by atoms with van der Waals surface area (Å²) in [5.41, 5.74) is -1.55. The molecule has 0 fully saturated rings. The van der Waals surface area contributed by atoms with Crippen LogP contribution < -0.4 is 14.8 Å². The van der Waals surface area contributed by atoms with Crippen molar-refractivity contribution in [2.75, 3.05) is 25.6 Å². The Labute approximate surface area is 195 Å². The number of ether oxygens (including phenoxy) is 2. The number of halogens is 4. The van der Waals surface area contributed by atoms with E-state index in [4.69, 9.17) is 16.3 Å². The quantitative estimate of drug-likeness (QED) is 0.266. The molecule has 2 heterocycles. The third-order valence-corrected chi connectivity index (χ3v) is 4.97. The smallest absolute Gasteiger partial charge is 0.388 e. The Kier molecular flexibility index (Phi) is 6.44. The van der Waals surface area contributed by atoms with Crippen LogP contribution >= 0.6 is 0 Å². The number of aromatic nitrogens is 3. The number of methoxy groups -OCH3 is 1. The van der Waals surface area contributed by atoms with E-state index in [0.29, 0.717) is 0 Å². The molecule has 2 aromatic carbocycles. The van der Waals surface area contributed by atoms with Gasteiger partial charge in [0.25, 0.3) is 0 Å². The number of nitrogens with one attached hydrogen (secondary N) is 1. The summed E-state index contributed by atoms with van der Waals surface area (Å²) < 4.78 is 66.6. The zero-order chi connectivity index (χ0) is 25.3. The number of nitrogens with zero attached hydrogens (tertiary/aromatic N) is 3. The molecular weight excluding hydrogens is 472 g/mol. The summed E-state index contributed by atoms with van der Waals surface area (Å²) in [6, 6.07) is 4.40. The van der Waals surface area contributed by atoms with Crippen molar-refractivity contribution in [1.82, 2.24) is 15.0 Å². The molecule has 0 saturated heterocycles. The van der Waals surface area contributed by atoms with Crippen molar-refractivity contribution < 1.29 is 37.2 Å². The third kappa shape index (κ3) is 4.29. The number of terminal acetylenes is 1. The fourth-order valence-corrected chi connectivity index (χ4v) is 3.61. The highest BCUT2D eigenvalue weighted by Gasteiger charge is 2.26. The lowest BCUT2D eigenvalue weighted by atomic mass is 9.95. The largest absolute Gasteiger partial charge is 0.508 e. The number of rotatable bonds is 7. The Balaban J connectivity index is 2.16. The van der Waals surface area contributed by atoms with Gasteiger partial charge in [-0.2, -0.15) is 18.7 Å². The van der Waals surface area contributed by atoms with E-state index in [1.165, 1.54) is 19.2 Å². The van der Waals surface area contributed by atoms with Crippen molar-refractivity contribution >= 4 is 27.5 Å². The van der Waals surface area contributed by atoms with E-state index in [1.807, 2.05) is 0 Å². The van der Waals surface area contributed by atoms with E-state index < -0.39 is 35.3 Å². The summed E-state index contributed by atoms with van der Waals surface area (Å²) in [5.74, 6) is -1.03. The number of fused-ring (bicyclic) bond motifs is 2. The van der Waals surface area contributed by atoms with E-state index in [0.717, 1.165) is 12.1 Å². The maximum atomic E-state index is 15.9. The van der Waals surface area contributed by atoms with Crippen LogP contribution in [0.25, 0.3) is 32.9 Å². The molecule has 35 heavy (non-hydrogen) atoms. The topological polar surface area (TPSA) is 110 Å². The first-order chi connectivity index (χ1) is 16.8. The normalized spacial score (nSPS) is 11.1. The summed E-state index contributed by atoms with van der Waals surface area (Å²) in [7, 11) is 1.21. The molecule has 0 unspecified atom stereocenters. The lowest BCUT2D eigenvalue weighted by Crippen LogP contribution is -2.12. The molecule has 0 saturated carbocycles. The second-order valence-electron chi connectivity index (χ2n) is 7.05. The van der Waals surface area contributed by atoms with Crippen molar-refractivity contribution in [3.8, 4) is 41.2 Å². The van der Waals surface area contributed by atoms with Gasteiger partial charge in [-0.3, -0.25) is 0 Å². The SMILES string of the molecule is C#Cc1c(F)ccc2cc(O)cc(-c3nc(OC(F)F)c4c(NCCO)nc(OC)nc4c3F)c12. The molecule has 0 bridgehead atoms. The van der Waals surface area contributed by atoms with Crippen molar-refractivity contribution in [3.05, 3.63) is 41.5 Å². The first kappa shape index (κ1) is 23.8. The fourth-order valence-electron chi connectivity index (χ4n) is 3.61. The molecule has 8 nitrogen and oxygen atoms in total. The molecule has 4 aromatic rings. The Morgan fingerprint density at radius 1 is 1.14 bits per heavy atom. The number of anilines is 1. The number of pyridine rings is 1. The molecule has 2 aromatic heterocycles. The minimum atomic E-state index is -3.36. The second-order valence-corrected chi connectivity index (χ2v) is 7.05. The lowest BCUT2D eigenvalue weighted by Gasteiger charge is -2.16. The Bertz CT molecular complexity index is 1490. The van der Waals surface area contributed by atoms with E-state index in [9.17, 15) is 18.3 Å². The minimum absolute atomic E-state index is 0.0127. The van der Waals surface area contributed by atoms with Crippen LogP contribution in [-0.2, 0) is 0 Å². The van der Waals surface area contributed by atoms with Gasteiger partial charge in [-0.25, -0.2) is 13.8 Å². The molecule has 0 amide bonds. The van der Waals surface area contributed by atoms with Crippen LogP contribution in [0.15, 0.2) is 24.3 Å². The number of hydrogen-bond acceptors (Lipinski definition) is 8. The second kappa shape index (κ2) is 9.47. The van der Waals surface area contributed by atoms with Crippen LogP contribution in [-0.4, -0.2) is 52.0 Å².